The van der Waals surface area contributed by atoms with E-state index in [2.05, 4.69) is 4.90 Å². The quantitative estimate of drug-likeness (QED) is 0.943. The summed E-state index contributed by atoms with van der Waals surface area (Å²) in [6, 6.07) is 16.3. The summed E-state index contributed by atoms with van der Waals surface area (Å²) >= 11 is 0. The van der Waals surface area contributed by atoms with Gasteiger partial charge in [-0.25, -0.2) is 4.39 Å². The lowest BCUT2D eigenvalue weighted by atomic mass is 9.89. The summed E-state index contributed by atoms with van der Waals surface area (Å²) in [7, 11) is 0. The molecule has 0 aromatic heterocycles. The molecule has 1 aliphatic heterocycles. The second-order valence-corrected chi connectivity index (χ2v) is 5.79. The first-order chi connectivity index (χ1) is 10.6. The topological polar surface area (TPSA) is 40.5 Å². The van der Waals surface area contributed by atoms with E-state index in [1.807, 2.05) is 36.4 Å². The Balaban J connectivity index is 1.79. The first-order valence-corrected chi connectivity index (χ1v) is 7.38. The Labute approximate surface area is 129 Å². The predicted molar refractivity (Wildman–Crippen MR) is 82.0 cm³/mol. The number of rotatable bonds is 4. The van der Waals surface area contributed by atoms with Gasteiger partial charge in [-0.05, 0) is 23.3 Å². The molecule has 0 spiro atoms. The second kappa shape index (κ2) is 6.28. The Hall–Kier alpha value is -2.20. The van der Waals surface area contributed by atoms with Crippen LogP contribution in [0, 0.1) is 11.7 Å². The Morgan fingerprint density at radius 1 is 1.14 bits per heavy atom. The molecule has 2 atom stereocenters. The molecule has 1 N–H and O–H groups in total. The maximum absolute atomic E-state index is 13.4. The molecule has 3 rings (SSSR count). The second-order valence-electron chi connectivity index (χ2n) is 5.79. The summed E-state index contributed by atoms with van der Waals surface area (Å²) in [5, 5.41) is 9.48. The number of benzene rings is 2. The Morgan fingerprint density at radius 2 is 1.91 bits per heavy atom. The molecule has 1 heterocycles. The summed E-state index contributed by atoms with van der Waals surface area (Å²) < 4.78 is 13.4. The maximum Gasteiger partial charge on any atom is 0.308 e. The molecule has 22 heavy (non-hydrogen) atoms. The van der Waals surface area contributed by atoms with Crippen LogP contribution in [-0.4, -0.2) is 29.1 Å². The van der Waals surface area contributed by atoms with E-state index in [-0.39, 0.29) is 11.7 Å². The lowest BCUT2D eigenvalue weighted by Crippen LogP contribution is -2.23. The molecule has 0 aliphatic carbocycles. The summed E-state index contributed by atoms with van der Waals surface area (Å²) in [6.45, 7) is 1.84. The van der Waals surface area contributed by atoms with Gasteiger partial charge in [-0.3, -0.25) is 9.69 Å². The summed E-state index contributed by atoms with van der Waals surface area (Å²) in [6.07, 6.45) is 0. The van der Waals surface area contributed by atoms with E-state index in [0.717, 1.165) is 17.7 Å². The molecule has 3 nitrogen and oxygen atoms in total. The van der Waals surface area contributed by atoms with Crippen molar-refractivity contribution in [2.75, 3.05) is 13.1 Å². The molecule has 0 saturated carbocycles. The van der Waals surface area contributed by atoms with Gasteiger partial charge in [0.15, 0.2) is 0 Å². The molecule has 2 aromatic carbocycles. The van der Waals surface area contributed by atoms with Gasteiger partial charge in [0.1, 0.15) is 5.82 Å². The van der Waals surface area contributed by atoms with Crippen molar-refractivity contribution in [2.24, 2.45) is 5.92 Å². The van der Waals surface area contributed by atoms with Gasteiger partial charge >= 0.3 is 5.97 Å². The molecule has 2 aromatic rings. The normalized spacial score (nSPS) is 21.9. The summed E-state index contributed by atoms with van der Waals surface area (Å²) in [5.74, 6) is -1.80. The predicted octanol–water partition coefficient (Wildman–Crippen LogP) is 3.13. The summed E-state index contributed by atoms with van der Waals surface area (Å²) in [5.41, 5.74) is 1.93. The summed E-state index contributed by atoms with van der Waals surface area (Å²) in [4.78, 5) is 13.7. The van der Waals surface area contributed by atoms with Crippen LogP contribution in [0.5, 0.6) is 0 Å². The van der Waals surface area contributed by atoms with Crippen molar-refractivity contribution in [1.29, 1.82) is 0 Å². The number of nitrogens with zero attached hydrogens (tertiary/aromatic N) is 1. The molecule has 0 radical (unpaired) electrons. The number of carboxylic acid groups (broad SMARTS) is 1. The van der Waals surface area contributed by atoms with Gasteiger partial charge in [-0.15, -0.1) is 0 Å². The highest BCUT2D eigenvalue weighted by atomic mass is 19.1. The number of halogens is 1. The van der Waals surface area contributed by atoms with Crippen molar-refractivity contribution in [3.63, 3.8) is 0 Å². The first-order valence-electron chi connectivity index (χ1n) is 7.38. The molecule has 1 aliphatic rings. The van der Waals surface area contributed by atoms with Crippen molar-refractivity contribution >= 4 is 5.97 Å². The van der Waals surface area contributed by atoms with Crippen LogP contribution in [0.25, 0.3) is 0 Å². The minimum atomic E-state index is -0.815. The van der Waals surface area contributed by atoms with Crippen molar-refractivity contribution in [3.05, 3.63) is 71.5 Å². The van der Waals surface area contributed by atoms with Gasteiger partial charge in [0, 0.05) is 25.6 Å². The molecule has 1 saturated heterocycles. The molecule has 1 fully saturated rings. The first kappa shape index (κ1) is 14.7. The standard InChI is InChI=1S/C18H18FNO2/c19-15-8-4-7-14(9-15)16-11-20(12-17(16)18(21)22)10-13-5-2-1-3-6-13/h1-9,16-17H,10-12H2,(H,21,22)/t16-,17+/m1/s1. The number of carbonyl (C=O) groups is 1. The highest BCUT2D eigenvalue weighted by molar-refractivity contribution is 5.72. The Morgan fingerprint density at radius 3 is 2.59 bits per heavy atom. The zero-order valence-electron chi connectivity index (χ0n) is 12.2. The Kier molecular flexibility index (Phi) is 4.20. The number of hydrogen-bond acceptors (Lipinski definition) is 2. The number of likely N-dealkylation sites (tertiary alicyclic amines) is 1. The molecule has 4 heteroatoms. The zero-order valence-corrected chi connectivity index (χ0v) is 12.2. The smallest absolute Gasteiger partial charge is 0.308 e. The fourth-order valence-electron chi connectivity index (χ4n) is 3.18. The van der Waals surface area contributed by atoms with Gasteiger partial charge in [-0.1, -0.05) is 42.5 Å². The molecule has 0 amide bonds. The van der Waals surface area contributed by atoms with Crippen molar-refractivity contribution in [3.8, 4) is 0 Å². The van der Waals surface area contributed by atoms with E-state index < -0.39 is 11.9 Å². The minimum absolute atomic E-state index is 0.170. The van der Waals surface area contributed by atoms with E-state index in [1.54, 1.807) is 6.07 Å². The monoisotopic (exact) mass is 299 g/mol. The minimum Gasteiger partial charge on any atom is -0.481 e. The van der Waals surface area contributed by atoms with E-state index in [1.165, 1.54) is 12.1 Å². The van der Waals surface area contributed by atoms with E-state index in [9.17, 15) is 14.3 Å². The van der Waals surface area contributed by atoms with Crippen molar-refractivity contribution < 1.29 is 14.3 Å². The fraction of sp³-hybridized carbons (Fsp3) is 0.278. The number of carboxylic acids is 1. The fourth-order valence-corrected chi connectivity index (χ4v) is 3.18. The van der Waals surface area contributed by atoms with Crippen LogP contribution in [0.15, 0.2) is 54.6 Å². The van der Waals surface area contributed by atoms with Crippen LogP contribution in [0.2, 0.25) is 0 Å². The average Bonchev–Trinajstić information content (AvgIpc) is 2.92. The molecular weight excluding hydrogens is 281 g/mol. The van der Waals surface area contributed by atoms with E-state index >= 15 is 0 Å². The van der Waals surface area contributed by atoms with Crippen LogP contribution >= 0.6 is 0 Å². The maximum atomic E-state index is 13.4. The Bertz CT molecular complexity index is 659. The molecule has 114 valence electrons. The third kappa shape index (κ3) is 3.17. The van der Waals surface area contributed by atoms with Gasteiger partial charge in [0.05, 0.1) is 5.92 Å². The zero-order chi connectivity index (χ0) is 15.5. The molecule has 0 unspecified atom stereocenters. The van der Waals surface area contributed by atoms with E-state index in [0.29, 0.717) is 13.1 Å². The van der Waals surface area contributed by atoms with Gasteiger partial charge in [0.25, 0.3) is 0 Å². The number of aliphatic carboxylic acids is 1. The largest absolute Gasteiger partial charge is 0.481 e. The van der Waals surface area contributed by atoms with Crippen LogP contribution in [0.4, 0.5) is 4.39 Å². The van der Waals surface area contributed by atoms with Crippen LogP contribution in [0.1, 0.15) is 17.0 Å². The highest BCUT2D eigenvalue weighted by Crippen LogP contribution is 2.33. The van der Waals surface area contributed by atoms with E-state index in [4.69, 9.17) is 0 Å². The van der Waals surface area contributed by atoms with Crippen LogP contribution < -0.4 is 0 Å². The number of hydrogen-bond donors (Lipinski definition) is 1. The van der Waals surface area contributed by atoms with Crippen LogP contribution in [0.3, 0.4) is 0 Å². The van der Waals surface area contributed by atoms with Gasteiger partial charge in [-0.2, -0.15) is 0 Å². The van der Waals surface area contributed by atoms with Crippen molar-refractivity contribution in [2.45, 2.75) is 12.5 Å². The van der Waals surface area contributed by atoms with Gasteiger partial charge in [0.2, 0.25) is 0 Å². The highest BCUT2D eigenvalue weighted by Gasteiger charge is 2.38. The lowest BCUT2D eigenvalue weighted by molar-refractivity contribution is -0.141. The molecule has 0 bridgehead atoms. The lowest BCUT2D eigenvalue weighted by Gasteiger charge is -2.16. The molecular formula is C18H18FNO2. The SMILES string of the molecule is O=C(O)[C@H]1CN(Cc2ccccc2)C[C@@H]1c1cccc(F)c1. The third-order valence-corrected chi connectivity index (χ3v) is 4.24. The van der Waals surface area contributed by atoms with Gasteiger partial charge < -0.3 is 5.11 Å². The van der Waals surface area contributed by atoms with Crippen LogP contribution in [-0.2, 0) is 11.3 Å². The average molecular weight is 299 g/mol. The van der Waals surface area contributed by atoms with Crippen molar-refractivity contribution in [1.82, 2.24) is 4.90 Å². The third-order valence-electron chi connectivity index (χ3n) is 4.24.